The molecule has 0 aliphatic heterocycles. The van der Waals surface area contributed by atoms with E-state index in [2.05, 4.69) is 40.5 Å². The highest BCUT2D eigenvalue weighted by Crippen LogP contribution is 2.35. The van der Waals surface area contributed by atoms with E-state index in [0.29, 0.717) is 11.3 Å². The molecule has 1 aromatic carbocycles. The fraction of sp³-hybridized carbons (Fsp3) is 0.222. The number of nitrogens with zero attached hydrogens (tertiary/aromatic N) is 5. The van der Waals surface area contributed by atoms with Crippen molar-refractivity contribution in [1.29, 1.82) is 0 Å². The Morgan fingerprint density at radius 3 is 2.88 bits per heavy atom. The van der Waals surface area contributed by atoms with Crippen LogP contribution in [0.5, 0.6) is 0 Å². The van der Waals surface area contributed by atoms with Crippen LogP contribution < -0.4 is 5.73 Å². The van der Waals surface area contributed by atoms with Crippen molar-refractivity contribution in [3.63, 3.8) is 0 Å². The summed E-state index contributed by atoms with van der Waals surface area (Å²) in [5.41, 5.74) is 9.72. The minimum atomic E-state index is 0.405. The Hall–Kier alpha value is -2.45. The predicted octanol–water partition coefficient (Wildman–Crippen LogP) is 4.53. The summed E-state index contributed by atoms with van der Waals surface area (Å²) in [6.45, 7) is 4.98. The second-order valence-electron chi connectivity index (χ2n) is 6.10. The van der Waals surface area contributed by atoms with Crippen LogP contribution in [0.25, 0.3) is 21.4 Å². The highest BCUT2D eigenvalue weighted by molar-refractivity contribution is 8.01. The highest BCUT2D eigenvalue weighted by atomic mass is 32.2. The van der Waals surface area contributed by atoms with Gasteiger partial charge in [0.2, 0.25) is 0 Å². The lowest BCUT2D eigenvalue weighted by Gasteiger charge is -2.05. The van der Waals surface area contributed by atoms with Gasteiger partial charge in [0.05, 0.1) is 10.2 Å². The van der Waals surface area contributed by atoms with Crippen molar-refractivity contribution < 1.29 is 0 Å². The molecular formula is C18H18N6S2. The molecule has 6 nitrogen and oxygen atoms in total. The topological polar surface area (TPSA) is 82.5 Å². The molecule has 0 atom stereocenters. The zero-order chi connectivity index (χ0) is 18.1. The minimum absolute atomic E-state index is 0.405. The van der Waals surface area contributed by atoms with Crippen LogP contribution in [0.15, 0.2) is 51.7 Å². The van der Waals surface area contributed by atoms with Gasteiger partial charge in [-0.3, -0.25) is 0 Å². The smallest absolute Gasteiger partial charge is 0.177 e. The Morgan fingerprint density at radius 2 is 2.08 bits per heavy atom. The first-order valence-electron chi connectivity index (χ1n) is 8.25. The van der Waals surface area contributed by atoms with Gasteiger partial charge in [-0.1, -0.05) is 23.8 Å². The Balaban J connectivity index is 1.74. The molecule has 3 aromatic heterocycles. The van der Waals surface area contributed by atoms with Crippen LogP contribution in [0, 0.1) is 0 Å². The molecule has 0 fully saturated rings. The van der Waals surface area contributed by atoms with E-state index in [1.165, 1.54) is 16.6 Å². The van der Waals surface area contributed by atoms with Gasteiger partial charge in [0.15, 0.2) is 26.5 Å². The number of nitrogens with two attached hydrogens (primary N) is 1. The van der Waals surface area contributed by atoms with Crippen molar-refractivity contribution in [1.82, 2.24) is 24.5 Å². The van der Waals surface area contributed by atoms with E-state index < -0.39 is 0 Å². The highest BCUT2D eigenvalue weighted by Gasteiger charge is 2.17. The molecule has 0 aliphatic rings. The standard InChI is InChI=1S/C18H18N6S2/c1-11(2)6-5-9-24-16-14(15(19)20-10-21-16)23-17(24)26-18-22-12-7-3-4-8-13(12)25-18/h3-4,6-8,10H,5,9H2,1-2H3,(H2,19,20,21). The molecule has 0 radical (unpaired) electrons. The van der Waals surface area contributed by atoms with E-state index in [-0.39, 0.29) is 0 Å². The molecule has 4 aromatic rings. The number of anilines is 1. The van der Waals surface area contributed by atoms with Crippen molar-refractivity contribution in [2.45, 2.75) is 36.3 Å². The molecule has 4 rings (SSSR count). The maximum atomic E-state index is 6.01. The van der Waals surface area contributed by atoms with E-state index in [4.69, 9.17) is 15.7 Å². The second kappa shape index (κ2) is 7.05. The quantitative estimate of drug-likeness (QED) is 0.511. The van der Waals surface area contributed by atoms with Crippen LogP contribution in [0.3, 0.4) is 0 Å². The second-order valence-corrected chi connectivity index (χ2v) is 8.34. The summed E-state index contributed by atoms with van der Waals surface area (Å²) in [5, 5.41) is 0.841. The monoisotopic (exact) mass is 382 g/mol. The number of hydrogen-bond donors (Lipinski definition) is 1. The number of para-hydroxylation sites is 1. The van der Waals surface area contributed by atoms with Crippen LogP contribution in [-0.4, -0.2) is 24.5 Å². The molecule has 132 valence electrons. The Bertz CT molecular complexity index is 1070. The van der Waals surface area contributed by atoms with Crippen LogP contribution >= 0.6 is 23.1 Å². The molecule has 0 unspecified atom stereocenters. The van der Waals surface area contributed by atoms with Crippen LogP contribution in [-0.2, 0) is 6.54 Å². The number of hydrogen-bond acceptors (Lipinski definition) is 7. The van der Waals surface area contributed by atoms with Crippen molar-refractivity contribution in [2.24, 2.45) is 0 Å². The molecule has 0 saturated heterocycles. The number of rotatable bonds is 5. The summed E-state index contributed by atoms with van der Waals surface area (Å²) in [4.78, 5) is 17.9. The lowest BCUT2D eigenvalue weighted by atomic mass is 10.3. The third-order valence-electron chi connectivity index (χ3n) is 3.88. The Kier molecular flexibility index (Phi) is 4.60. The van der Waals surface area contributed by atoms with E-state index in [1.807, 2.05) is 18.2 Å². The van der Waals surface area contributed by atoms with Gasteiger partial charge in [0.1, 0.15) is 6.33 Å². The Morgan fingerprint density at radius 1 is 1.23 bits per heavy atom. The summed E-state index contributed by atoms with van der Waals surface area (Å²) in [6.07, 6.45) is 4.61. The predicted molar refractivity (Wildman–Crippen MR) is 108 cm³/mol. The molecule has 0 amide bonds. The summed E-state index contributed by atoms with van der Waals surface area (Å²) < 4.78 is 4.22. The third-order valence-corrected chi connectivity index (χ3v) is 5.97. The van der Waals surface area contributed by atoms with Gasteiger partial charge in [0, 0.05) is 6.54 Å². The van der Waals surface area contributed by atoms with Crippen molar-refractivity contribution >= 4 is 50.3 Å². The average molecular weight is 383 g/mol. The fourth-order valence-corrected chi connectivity index (χ4v) is 4.75. The molecule has 0 bridgehead atoms. The molecule has 0 aliphatic carbocycles. The zero-order valence-corrected chi connectivity index (χ0v) is 16.1. The summed E-state index contributed by atoms with van der Waals surface area (Å²) in [7, 11) is 0. The van der Waals surface area contributed by atoms with Gasteiger partial charge in [-0.05, 0) is 44.2 Å². The lowest BCUT2D eigenvalue weighted by Crippen LogP contribution is -2.01. The normalized spacial score (nSPS) is 11.3. The maximum absolute atomic E-state index is 6.01. The van der Waals surface area contributed by atoms with Crippen molar-refractivity contribution in [3.8, 4) is 0 Å². The summed E-state index contributed by atoms with van der Waals surface area (Å²) in [5.74, 6) is 0.405. The molecule has 0 spiro atoms. The first-order chi connectivity index (χ1) is 12.6. The number of allylic oxidation sites excluding steroid dienone is 2. The summed E-state index contributed by atoms with van der Waals surface area (Å²) >= 11 is 3.21. The first kappa shape index (κ1) is 17.0. The zero-order valence-electron chi connectivity index (χ0n) is 14.5. The van der Waals surface area contributed by atoms with E-state index in [9.17, 15) is 0 Å². The molecule has 2 N–H and O–H groups in total. The SMILES string of the molecule is CC(C)=CCCn1c(Sc2nc3ccccc3s2)nc2c(N)ncnc21. The van der Waals surface area contributed by atoms with Gasteiger partial charge < -0.3 is 10.3 Å². The van der Waals surface area contributed by atoms with Gasteiger partial charge in [0.25, 0.3) is 0 Å². The fourth-order valence-electron chi connectivity index (χ4n) is 2.67. The van der Waals surface area contributed by atoms with E-state index in [1.54, 1.807) is 23.1 Å². The minimum Gasteiger partial charge on any atom is -0.382 e. The number of fused-ring (bicyclic) bond motifs is 2. The number of benzene rings is 1. The van der Waals surface area contributed by atoms with Gasteiger partial charge in [-0.15, -0.1) is 11.3 Å². The number of nitrogen functional groups attached to an aromatic ring is 1. The molecular weight excluding hydrogens is 364 g/mol. The number of imidazole rings is 1. The van der Waals surface area contributed by atoms with E-state index in [0.717, 1.165) is 33.6 Å². The number of aromatic nitrogens is 5. The largest absolute Gasteiger partial charge is 0.382 e. The van der Waals surface area contributed by atoms with Crippen LogP contribution in [0.1, 0.15) is 20.3 Å². The molecule has 26 heavy (non-hydrogen) atoms. The maximum Gasteiger partial charge on any atom is 0.177 e. The Labute approximate surface area is 159 Å². The molecule has 8 heteroatoms. The van der Waals surface area contributed by atoms with E-state index >= 15 is 0 Å². The van der Waals surface area contributed by atoms with Gasteiger partial charge in [-0.2, -0.15) is 0 Å². The van der Waals surface area contributed by atoms with Gasteiger partial charge in [-0.25, -0.2) is 19.9 Å². The third kappa shape index (κ3) is 3.30. The average Bonchev–Trinajstić information content (AvgIpc) is 3.17. The number of thiazole rings is 1. The van der Waals surface area contributed by atoms with Crippen molar-refractivity contribution in [2.75, 3.05) is 5.73 Å². The molecule has 0 saturated carbocycles. The molecule has 3 heterocycles. The first-order valence-corrected chi connectivity index (χ1v) is 9.88. The van der Waals surface area contributed by atoms with Crippen LogP contribution in [0.2, 0.25) is 0 Å². The van der Waals surface area contributed by atoms with Crippen LogP contribution in [0.4, 0.5) is 5.82 Å². The van der Waals surface area contributed by atoms with Gasteiger partial charge >= 0.3 is 0 Å². The lowest BCUT2D eigenvalue weighted by molar-refractivity contribution is 0.655. The van der Waals surface area contributed by atoms with Crippen molar-refractivity contribution in [3.05, 3.63) is 42.2 Å². The summed E-state index contributed by atoms with van der Waals surface area (Å²) in [6, 6.07) is 8.14. The number of aryl methyl sites for hydroxylation is 1.